The van der Waals surface area contributed by atoms with Crippen LogP contribution >= 0.6 is 0 Å². The number of ether oxygens (including phenoxy) is 1. The van der Waals surface area contributed by atoms with Gasteiger partial charge < -0.3 is 7.59 Å². The van der Waals surface area contributed by atoms with E-state index in [0.717, 1.165) is 19.3 Å². The van der Waals surface area contributed by atoms with E-state index < -0.39 is 25.1 Å². The van der Waals surface area contributed by atoms with Crippen molar-refractivity contribution in [3.63, 3.8) is 0 Å². The smallest absolute Gasteiger partial charge is 1.00 e. The summed E-state index contributed by atoms with van der Waals surface area (Å²) in [5.74, 6) is -0.265. The summed E-state index contributed by atoms with van der Waals surface area (Å²) in [5, 5.41) is 0. The number of hydrogen-bond donors (Lipinski definition) is 1. The van der Waals surface area contributed by atoms with Crippen molar-refractivity contribution < 1.29 is 92.3 Å². The fourth-order valence-corrected chi connectivity index (χ4v) is 5.82. The summed E-state index contributed by atoms with van der Waals surface area (Å²) in [4.78, 5) is -0.656. The summed E-state index contributed by atoms with van der Waals surface area (Å²) in [6, 6.07) is 11.3. The third-order valence-corrected chi connectivity index (χ3v) is 8.45. The first-order chi connectivity index (χ1) is 17.8. The minimum atomic E-state index is -4.55. The molecule has 1 N–H and O–H groups in total. The van der Waals surface area contributed by atoms with E-state index in [-0.39, 0.29) is 85.0 Å². The van der Waals surface area contributed by atoms with Crippen molar-refractivity contribution in [3.8, 4) is 11.5 Å². The summed E-state index contributed by atoms with van der Waals surface area (Å²) >= 11 is 0. The molecule has 7 nitrogen and oxygen atoms in total. The summed E-state index contributed by atoms with van der Waals surface area (Å²) in [6.45, 7) is 2.31. The topological polar surface area (TPSA) is 107 Å². The minimum Gasteiger partial charge on any atom is -1.00 e. The largest absolute Gasteiger partial charge is 1.00 e. The number of hydrogen-bond acceptors (Lipinski definition) is 6. The molecule has 0 saturated carbocycles. The molecule has 0 aromatic heterocycles. The quantitative estimate of drug-likeness (QED) is 0.107. The molecule has 2 aromatic rings. The average Bonchev–Trinajstić information content (AvgIpc) is 2.86. The van der Waals surface area contributed by atoms with E-state index in [9.17, 15) is 21.4 Å². The molecule has 39 heavy (non-hydrogen) atoms. The van der Waals surface area contributed by atoms with Crippen LogP contribution in [0.3, 0.4) is 0 Å². The summed E-state index contributed by atoms with van der Waals surface area (Å²) in [6.07, 6.45) is 16.9. The van der Waals surface area contributed by atoms with Gasteiger partial charge in [0.1, 0.15) is 21.3 Å². The van der Waals surface area contributed by atoms with Gasteiger partial charge in [-0.15, -0.1) is 0 Å². The van der Waals surface area contributed by atoms with Crippen molar-refractivity contribution in [3.05, 3.63) is 48.5 Å². The normalized spacial score (nSPS) is 11.4. The Balaban J connectivity index is -0.00000361. The summed E-state index contributed by atoms with van der Waals surface area (Å²) < 4.78 is 69.1. The Morgan fingerprint density at radius 2 is 1.00 bits per heavy atom. The second-order valence-electron chi connectivity index (χ2n) is 9.34. The second-order valence-corrected chi connectivity index (χ2v) is 12.3. The predicted octanol–water partition coefficient (Wildman–Crippen LogP) is 2.15. The van der Waals surface area contributed by atoms with Gasteiger partial charge in [0.05, 0.1) is 6.61 Å². The Morgan fingerprint density at radius 3 is 1.46 bits per heavy atom. The molecule has 212 valence electrons. The molecule has 0 unspecified atom stereocenters. The first kappa shape index (κ1) is 39.1. The maximum Gasteiger partial charge on any atom is 1.00 e. The molecule has 2 rings (SSSR count). The maximum atomic E-state index is 12.8. The van der Waals surface area contributed by atoms with Crippen LogP contribution in [0.4, 0.5) is 0 Å². The molecule has 0 fully saturated rings. The van der Waals surface area contributed by atoms with Gasteiger partial charge in [-0.3, -0.25) is 8.74 Å². The van der Waals surface area contributed by atoms with Crippen LogP contribution in [0.5, 0.6) is 11.5 Å². The Labute approximate surface area is 283 Å². The van der Waals surface area contributed by atoms with Gasteiger partial charge in [-0.05, 0) is 30.7 Å². The van der Waals surface area contributed by atoms with E-state index in [2.05, 4.69) is 6.92 Å². The minimum absolute atomic E-state index is 0. The Hall–Kier alpha value is 0.0600. The van der Waals surface area contributed by atoms with Crippen LogP contribution in [0.1, 0.15) is 99.7 Å². The Kier molecular flexibility index (Phi) is 21.8. The van der Waals surface area contributed by atoms with Gasteiger partial charge in [-0.2, -0.15) is 16.8 Å². The summed E-state index contributed by atoms with van der Waals surface area (Å²) in [5.41, 5.74) is 0. The van der Waals surface area contributed by atoms with Gasteiger partial charge in [0.2, 0.25) is 0 Å². The zero-order valence-corrected chi connectivity index (χ0v) is 29.6. The van der Waals surface area contributed by atoms with Crippen LogP contribution in [0.2, 0.25) is 0 Å². The van der Waals surface area contributed by atoms with Gasteiger partial charge in [0, 0.05) is 0 Å². The monoisotopic (exact) mass is 602 g/mol. The van der Waals surface area contributed by atoms with Gasteiger partial charge >= 0.3 is 69.2 Å². The molecule has 0 heterocycles. The fraction of sp³-hybridized carbons (Fsp3) is 0.571. The molecule has 2 aromatic carbocycles. The van der Waals surface area contributed by atoms with Crippen molar-refractivity contribution in [2.24, 2.45) is 0 Å². The Morgan fingerprint density at radius 1 is 0.615 bits per heavy atom. The van der Waals surface area contributed by atoms with Gasteiger partial charge in [0.15, 0.2) is 0 Å². The first-order valence-corrected chi connectivity index (χ1v) is 16.3. The van der Waals surface area contributed by atoms with Gasteiger partial charge in [-0.25, -0.2) is 0 Å². The number of benzene rings is 2. The second kappa shape index (κ2) is 21.7. The Bertz CT molecular complexity index is 1150. The fourth-order valence-electron chi connectivity index (χ4n) is 4.14. The van der Waals surface area contributed by atoms with E-state index in [1.807, 2.05) is 0 Å². The standard InChI is InChI=1S/C28H42O7S2.2Na.2H/c1-2-3-4-5-6-7-8-9-10-11-12-13-14-19-24-34-37(32,33)28-23-18-16-21-26(28)35-25-20-15-17-22-27(25)36(29,30)31;;;;/h15-18,20-23H,2-14,19,24H2,1H3,(H,29,30,31);;;;/q;2*+1;2*-1. The molecule has 0 bridgehead atoms. The van der Waals surface area contributed by atoms with Crippen LogP contribution in [0.25, 0.3) is 0 Å². The molecule has 0 spiro atoms. The van der Waals surface area contributed by atoms with Crippen molar-refractivity contribution in [2.75, 3.05) is 6.61 Å². The van der Waals surface area contributed by atoms with Gasteiger partial charge in [-0.1, -0.05) is 115 Å². The molecule has 0 saturated heterocycles. The molecule has 0 aliphatic heterocycles. The van der Waals surface area contributed by atoms with Crippen LogP contribution in [0.15, 0.2) is 58.3 Å². The van der Waals surface area contributed by atoms with E-state index in [1.54, 1.807) is 6.07 Å². The molecule has 0 aliphatic rings. The number of unbranched alkanes of at least 4 members (excludes halogenated alkanes) is 13. The first-order valence-electron chi connectivity index (χ1n) is 13.5. The van der Waals surface area contributed by atoms with Crippen LogP contribution < -0.4 is 63.9 Å². The molecular formula is C28H44Na2O7S2. The maximum absolute atomic E-state index is 12.8. The molecule has 0 amide bonds. The average molecular weight is 603 g/mol. The molecule has 0 radical (unpaired) electrons. The number of para-hydroxylation sites is 2. The SMILES string of the molecule is CCCCCCCCCCCCCCCCOS(=O)(=O)c1ccccc1Oc1ccccc1S(=O)(=O)O.[H-].[H-].[Na+].[Na+]. The van der Waals surface area contributed by atoms with Crippen LogP contribution in [0, 0.1) is 0 Å². The van der Waals surface area contributed by atoms with Gasteiger partial charge in [0.25, 0.3) is 10.1 Å². The third-order valence-electron chi connectivity index (χ3n) is 6.20. The van der Waals surface area contributed by atoms with Crippen LogP contribution in [-0.4, -0.2) is 28.0 Å². The van der Waals surface area contributed by atoms with Crippen molar-refractivity contribution in [1.29, 1.82) is 0 Å². The summed E-state index contributed by atoms with van der Waals surface area (Å²) in [7, 11) is -8.66. The van der Waals surface area contributed by atoms with Crippen molar-refractivity contribution >= 4 is 20.2 Å². The predicted molar refractivity (Wildman–Crippen MR) is 148 cm³/mol. The van der Waals surface area contributed by atoms with E-state index in [4.69, 9.17) is 8.92 Å². The third kappa shape index (κ3) is 15.7. The zero-order chi connectivity index (χ0) is 27.0. The van der Waals surface area contributed by atoms with Crippen molar-refractivity contribution in [2.45, 2.75) is 107 Å². The molecule has 11 heteroatoms. The number of rotatable bonds is 20. The van der Waals surface area contributed by atoms with E-state index >= 15 is 0 Å². The van der Waals surface area contributed by atoms with Crippen molar-refractivity contribution in [1.82, 2.24) is 0 Å². The van der Waals surface area contributed by atoms with E-state index in [1.165, 1.54) is 107 Å². The zero-order valence-electron chi connectivity index (χ0n) is 25.9. The van der Waals surface area contributed by atoms with E-state index in [0.29, 0.717) is 6.42 Å². The molecule has 0 atom stereocenters. The molecular weight excluding hydrogens is 558 g/mol. The van der Waals surface area contributed by atoms with Crippen LogP contribution in [-0.2, 0) is 24.4 Å². The molecule has 0 aliphatic carbocycles.